The van der Waals surface area contributed by atoms with Crippen molar-refractivity contribution in [3.05, 3.63) is 35.4 Å². The lowest BCUT2D eigenvalue weighted by Crippen LogP contribution is -2.42. The van der Waals surface area contributed by atoms with Crippen LogP contribution < -0.4 is 5.90 Å². The Balaban J connectivity index is 1.92. The summed E-state index contributed by atoms with van der Waals surface area (Å²) in [4.78, 5) is 18.9. The average molecular weight is 262 g/mol. The number of rotatable bonds is 4. The van der Waals surface area contributed by atoms with Crippen molar-refractivity contribution in [2.45, 2.75) is 26.2 Å². The van der Waals surface area contributed by atoms with Crippen LogP contribution in [-0.4, -0.2) is 30.5 Å². The minimum atomic E-state index is 0.201. The van der Waals surface area contributed by atoms with Gasteiger partial charge < -0.3 is 9.74 Å². The first-order chi connectivity index (χ1) is 9.19. The van der Waals surface area contributed by atoms with Crippen LogP contribution in [-0.2, 0) is 16.1 Å². The third-order valence-electron chi connectivity index (χ3n) is 3.64. The van der Waals surface area contributed by atoms with Crippen LogP contribution in [0.3, 0.4) is 0 Å². The topological polar surface area (TPSA) is 55.6 Å². The summed E-state index contributed by atoms with van der Waals surface area (Å²) in [5.41, 5.74) is 2.28. The van der Waals surface area contributed by atoms with E-state index >= 15 is 0 Å². The number of nitrogens with two attached hydrogens (primary N) is 1. The summed E-state index contributed by atoms with van der Waals surface area (Å²) in [7, 11) is 0. The molecule has 0 radical (unpaired) electrons. The zero-order valence-electron chi connectivity index (χ0n) is 11.5. The lowest BCUT2D eigenvalue weighted by molar-refractivity contribution is -0.132. The van der Waals surface area contributed by atoms with Gasteiger partial charge in [-0.15, -0.1) is 0 Å². The smallest absolute Gasteiger partial charge is 0.227 e. The summed E-state index contributed by atoms with van der Waals surface area (Å²) < 4.78 is 0. The third-order valence-corrected chi connectivity index (χ3v) is 3.64. The van der Waals surface area contributed by atoms with E-state index in [1.165, 1.54) is 5.56 Å². The van der Waals surface area contributed by atoms with Crippen LogP contribution in [0.2, 0.25) is 0 Å². The fraction of sp³-hybridized carbons (Fsp3) is 0.533. The quantitative estimate of drug-likeness (QED) is 0.840. The maximum Gasteiger partial charge on any atom is 0.227 e. The molecule has 2 N–H and O–H groups in total. The first-order valence-corrected chi connectivity index (χ1v) is 6.84. The van der Waals surface area contributed by atoms with E-state index in [9.17, 15) is 4.79 Å². The van der Waals surface area contributed by atoms with Gasteiger partial charge in [0.15, 0.2) is 0 Å². The summed E-state index contributed by atoms with van der Waals surface area (Å²) in [6, 6.07) is 8.13. The molecule has 2 rings (SSSR count). The predicted octanol–water partition coefficient (Wildman–Crippen LogP) is 1.67. The molecule has 1 heterocycles. The lowest BCUT2D eigenvalue weighted by Gasteiger charge is -2.32. The molecule has 1 aliphatic rings. The number of carbonyl (C=O) groups excluding carboxylic acids is 1. The number of benzene rings is 1. The van der Waals surface area contributed by atoms with Crippen molar-refractivity contribution < 1.29 is 9.63 Å². The van der Waals surface area contributed by atoms with Crippen molar-refractivity contribution in [1.29, 1.82) is 0 Å². The second-order valence-corrected chi connectivity index (χ2v) is 5.35. The molecule has 1 atom stereocenters. The average Bonchev–Trinajstić information content (AvgIpc) is 2.39. The largest absolute Gasteiger partial charge is 0.342 e. The van der Waals surface area contributed by atoms with E-state index in [2.05, 4.69) is 6.07 Å². The monoisotopic (exact) mass is 262 g/mol. The molecule has 104 valence electrons. The number of nitrogens with zero attached hydrogens (tertiary/aromatic N) is 1. The number of hydrogen-bond donors (Lipinski definition) is 1. The molecule has 0 spiro atoms. The molecule has 1 fully saturated rings. The van der Waals surface area contributed by atoms with Gasteiger partial charge in [0.2, 0.25) is 5.91 Å². The Labute approximate surface area is 114 Å². The van der Waals surface area contributed by atoms with E-state index in [1.807, 2.05) is 30.0 Å². The molecule has 4 heteroatoms. The zero-order chi connectivity index (χ0) is 13.7. The highest BCUT2D eigenvalue weighted by Crippen LogP contribution is 2.17. The van der Waals surface area contributed by atoms with Gasteiger partial charge in [0.25, 0.3) is 0 Å². The summed E-state index contributed by atoms with van der Waals surface area (Å²) in [5.74, 6) is 5.69. The molecule has 0 saturated carbocycles. The molecule has 0 bridgehead atoms. The van der Waals surface area contributed by atoms with Crippen molar-refractivity contribution in [2.75, 3.05) is 19.7 Å². The van der Waals surface area contributed by atoms with Crippen LogP contribution in [0, 0.1) is 12.8 Å². The first-order valence-electron chi connectivity index (χ1n) is 6.84. The predicted molar refractivity (Wildman–Crippen MR) is 74.3 cm³/mol. The molecule has 1 aromatic carbocycles. The highest BCUT2D eigenvalue weighted by Gasteiger charge is 2.23. The van der Waals surface area contributed by atoms with Gasteiger partial charge in [-0.1, -0.05) is 29.8 Å². The summed E-state index contributed by atoms with van der Waals surface area (Å²) >= 11 is 0. The molecule has 1 aromatic rings. The van der Waals surface area contributed by atoms with Crippen molar-refractivity contribution in [1.82, 2.24) is 4.90 Å². The van der Waals surface area contributed by atoms with Crippen LogP contribution >= 0.6 is 0 Å². The van der Waals surface area contributed by atoms with Gasteiger partial charge in [-0.3, -0.25) is 4.79 Å². The summed E-state index contributed by atoms with van der Waals surface area (Å²) in [5, 5.41) is 0. The van der Waals surface area contributed by atoms with E-state index < -0.39 is 0 Å². The summed E-state index contributed by atoms with van der Waals surface area (Å²) in [6.45, 7) is 4.20. The zero-order valence-corrected chi connectivity index (χ0v) is 11.5. The van der Waals surface area contributed by atoms with Gasteiger partial charge in [-0.25, -0.2) is 5.90 Å². The molecule has 4 nitrogen and oxygen atoms in total. The molecular formula is C15H22N2O2. The van der Waals surface area contributed by atoms with Gasteiger partial charge in [0.05, 0.1) is 13.0 Å². The van der Waals surface area contributed by atoms with Gasteiger partial charge in [-0.2, -0.15) is 0 Å². The standard InChI is InChI=1S/C15H22N2O2/c1-12-4-2-5-13(8-12)9-15(18)17-7-3-6-14(10-17)11-19-16/h2,4-5,8,14H,3,6-7,9-11,16H2,1H3. The number of hydrogen-bond acceptors (Lipinski definition) is 3. The molecule has 1 unspecified atom stereocenters. The fourth-order valence-electron chi connectivity index (χ4n) is 2.67. The van der Waals surface area contributed by atoms with Crippen molar-refractivity contribution in [3.63, 3.8) is 0 Å². The van der Waals surface area contributed by atoms with Crippen LogP contribution in [0.1, 0.15) is 24.0 Å². The van der Waals surface area contributed by atoms with E-state index in [1.54, 1.807) is 0 Å². The van der Waals surface area contributed by atoms with Crippen LogP contribution in [0.4, 0.5) is 0 Å². The molecular weight excluding hydrogens is 240 g/mol. The highest BCUT2D eigenvalue weighted by molar-refractivity contribution is 5.78. The Kier molecular flexibility index (Phi) is 4.93. The second kappa shape index (κ2) is 6.68. The van der Waals surface area contributed by atoms with Crippen molar-refractivity contribution in [2.24, 2.45) is 11.8 Å². The fourth-order valence-corrected chi connectivity index (χ4v) is 2.67. The number of likely N-dealkylation sites (tertiary alicyclic amines) is 1. The number of amides is 1. The van der Waals surface area contributed by atoms with E-state index in [0.717, 1.165) is 31.5 Å². The van der Waals surface area contributed by atoms with E-state index in [0.29, 0.717) is 18.9 Å². The number of carbonyl (C=O) groups is 1. The van der Waals surface area contributed by atoms with Crippen molar-refractivity contribution >= 4 is 5.91 Å². The lowest BCUT2D eigenvalue weighted by atomic mass is 9.98. The molecule has 1 aliphatic heterocycles. The van der Waals surface area contributed by atoms with Crippen molar-refractivity contribution in [3.8, 4) is 0 Å². The molecule has 1 saturated heterocycles. The molecule has 19 heavy (non-hydrogen) atoms. The normalized spacial score (nSPS) is 19.5. The minimum Gasteiger partial charge on any atom is -0.342 e. The number of aryl methyl sites for hydroxylation is 1. The van der Waals surface area contributed by atoms with E-state index in [4.69, 9.17) is 10.7 Å². The second-order valence-electron chi connectivity index (χ2n) is 5.35. The SMILES string of the molecule is Cc1cccc(CC(=O)N2CCCC(CON)C2)c1. The molecule has 0 aromatic heterocycles. The highest BCUT2D eigenvalue weighted by atomic mass is 16.6. The summed E-state index contributed by atoms with van der Waals surface area (Å²) in [6.07, 6.45) is 2.61. The number of piperidine rings is 1. The molecule has 0 aliphatic carbocycles. The van der Waals surface area contributed by atoms with Gasteiger partial charge in [0.1, 0.15) is 0 Å². The van der Waals surface area contributed by atoms with E-state index in [-0.39, 0.29) is 5.91 Å². The van der Waals surface area contributed by atoms with Crippen LogP contribution in [0.25, 0.3) is 0 Å². The Morgan fingerprint density at radius 3 is 3.11 bits per heavy atom. The van der Waals surface area contributed by atoms with Crippen LogP contribution in [0.15, 0.2) is 24.3 Å². The van der Waals surface area contributed by atoms with Gasteiger partial charge in [0, 0.05) is 19.0 Å². The van der Waals surface area contributed by atoms with Gasteiger partial charge in [-0.05, 0) is 25.3 Å². The third kappa shape index (κ3) is 4.04. The maximum atomic E-state index is 12.3. The maximum absolute atomic E-state index is 12.3. The Morgan fingerprint density at radius 2 is 2.37 bits per heavy atom. The Bertz CT molecular complexity index is 432. The van der Waals surface area contributed by atoms with Crippen LogP contribution in [0.5, 0.6) is 0 Å². The Hall–Kier alpha value is -1.39. The molecule has 1 amide bonds. The minimum absolute atomic E-state index is 0.201. The first kappa shape index (κ1) is 14.0. The Morgan fingerprint density at radius 1 is 1.53 bits per heavy atom. The van der Waals surface area contributed by atoms with Gasteiger partial charge >= 0.3 is 0 Å².